The third-order valence-electron chi connectivity index (χ3n) is 0.811. The molecule has 0 radical (unpaired) electrons. The molecule has 0 saturated heterocycles. The van der Waals surface area contributed by atoms with Gasteiger partial charge in [-0.3, -0.25) is 5.41 Å². The molecule has 8 heavy (non-hydrogen) atoms. The van der Waals surface area contributed by atoms with Crippen LogP contribution in [0.25, 0.3) is 0 Å². The Bertz CT molecular complexity index is 72.8. The molecule has 2 nitrogen and oxygen atoms in total. The van der Waals surface area contributed by atoms with Gasteiger partial charge in [-0.25, -0.2) is 0 Å². The van der Waals surface area contributed by atoms with Crippen molar-refractivity contribution in [1.82, 2.24) is 5.32 Å². The molecule has 0 fully saturated rings. The predicted molar refractivity (Wildman–Crippen MR) is 31.7 cm³/mol. The number of unbranched alkanes of at least 4 members (excludes halogenated alkanes) is 1. The Morgan fingerprint density at radius 1 is 1.75 bits per heavy atom. The first kappa shape index (κ1) is 7.40. The highest BCUT2D eigenvalue weighted by molar-refractivity contribution is 5.68. The summed E-state index contributed by atoms with van der Waals surface area (Å²) in [5.41, 5.74) is 0. The van der Waals surface area contributed by atoms with Gasteiger partial charge >= 0.3 is 0 Å². The van der Waals surface area contributed by atoms with Gasteiger partial charge in [-0.2, -0.15) is 4.39 Å². The number of amidine groups is 1. The zero-order valence-corrected chi connectivity index (χ0v) is 5.00. The van der Waals surface area contributed by atoms with Crippen LogP contribution in [0.4, 0.5) is 4.39 Å². The normalized spacial score (nSPS) is 8.75. The van der Waals surface area contributed by atoms with Gasteiger partial charge in [0.05, 0.1) is 0 Å². The van der Waals surface area contributed by atoms with Crippen LogP contribution < -0.4 is 5.32 Å². The van der Waals surface area contributed by atoms with Crippen LogP contribution in [0.2, 0.25) is 0 Å². The first-order chi connectivity index (χ1) is 3.77. The van der Waals surface area contributed by atoms with Crippen LogP contribution in [0.1, 0.15) is 19.8 Å². The summed E-state index contributed by atoms with van der Waals surface area (Å²) in [7, 11) is 0. The highest BCUT2D eigenvalue weighted by Gasteiger charge is 1.86. The van der Waals surface area contributed by atoms with Gasteiger partial charge in [0.25, 0.3) is 6.09 Å². The smallest absolute Gasteiger partial charge is 0.275 e. The summed E-state index contributed by atoms with van der Waals surface area (Å²) in [6.45, 7) is 2.59. The average Bonchev–Trinajstić information content (AvgIpc) is 1.66. The van der Waals surface area contributed by atoms with Crippen molar-refractivity contribution < 1.29 is 4.39 Å². The maximum atomic E-state index is 11.5. The zero-order valence-electron chi connectivity index (χ0n) is 5.00. The Morgan fingerprint density at radius 2 is 2.38 bits per heavy atom. The largest absolute Gasteiger partial charge is 0.347 e. The van der Waals surface area contributed by atoms with Crippen LogP contribution in [-0.4, -0.2) is 12.6 Å². The van der Waals surface area contributed by atoms with Crippen molar-refractivity contribution in [2.45, 2.75) is 19.8 Å². The van der Waals surface area contributed by atoms with Crippen LogP contribution in [0.15, 0.2) is 0 Å². The van der Waals surface area contributed by atoms with Crippen LogP contribution in [-0.2, 0) is 0 Å². The molecule has 0 unspecified atom stereocenters. The van der Waals surface area contributed by atoms with Gasteiger partial charge in [0, 0.05) is 6.54 Å². The second kappa shape index (κ2) is 4.56. The van der Waals surface area contributed by atoms with Crippen molar-refractivity contribution >= 4 is 6.09 Å². The number of rotatable bonds is 3. The molecule has 0 spiro atoms. The SMILES string of the molecule is CCCCNC(=N)F. The second-order valence-electron chi connectivity index (χ2n) is 1.59. The maximum absolute atomic E-state index is 11.5. The zero-order chi connectivity index (χ0) is 6.41. The molecule has 0 amide bonds. The Kier molecular flexibility index (Phi) is 4.21. The number of halogens is 1. The van der Waals surface area contributed by atoms with Crippen LogP contribution >= 0.6 is 0 Å². The van der Waals surface area contributed by atoms with E-state index < -0.39 is 6.09 Å². The van der Waals surface area contributed by atoms with Crippen molar-refractivity contribution in [1.29, 1.82) is 5.41 Å². The van der Waals surface area contributed by atoms with Crippen LogP contribution in [0.5, 0.6) is 0 Å². The molecule has 48 valence electrons. The summed E-state index contributed by atoms with van der Waals surface area (Å²) >= 11 is 0. The Balaban J connectivity index is 2.82. The minimum atomic E-state index is -0.932. The molecule has 0 bridgehead atoms. The van der Waals surface area contributed by atoms with Crippen molar-refractivity contribution in [3.05, 3.63) is 0 Å². The molecule has 2 N–H and O–H groups in total. The highest BCUT2D eigenvalue weighted by atomic mass is 19.1. The van der Waals surface area contributed by atoms with E-state index in [1.54, 1.807) is 0 Å². The average molecular weight is 118 g/mol. The third-order valence-corrected chi connectivity index (χ3v) is 0.811. The molecule has 0 aliphatic rings. The molecule has 0 aliphatic carbocycles. The molecule has 0 aromatic carbocycles. The van der Waals surface area contributed by atoms with Gasteiger partial charge in [-0.05, 0) is 6.42 Å². The lowest BCUT2D eigenvalue weighted by atomic mass is 10.3. The van der Waals surface area contributed by atoms with Crippen molar-refractivity contribution in [3.8, 4) is 0 Å². The number of hydrogen-bond acceptors (Lipinski definition) is 1. The minimum absolute atomic E-state index is 0.575. The van der Waals surface area contributed by atoms with Crippen LogP contribution in [0, 0.1) is 5.41 Å². The predicted octanol–water partition coefficient (Wildman–Crippen LogP) is 1.28. The number of nitrogens with one attached hydrogen (secondary N) is 2. The third kappa shape index (κ3) is 5.40. The summed E-state index contributed by atoms with van der Waals surface area (Å²) in [4.78, 5) is 0. The molecule has 3 heteroatoms. The van der Waals surface area contributed by atoms with E-state index in [0.717, 1.165) is 12.8 Å². The van der Waals surface area contributed by atoms with Crippen molar-refractivity contribution in [2.75, 3.05) is 6.54 Å². The van der Waals surface area contributed by atoms with E-state index in [2.05, 4.69) is 5.32 Å². The lowest BCUT2D eigenvalue weighted by molar-refractivity contribution is 0.670. The maximum Gasteiger partial charge on any atom is 0.275 e. The molecular formula is C5H11FN2. The fraction of sp³-hybridized carbons (Fsp3) is 0.800. The first-order valence-electron chi connectivity index (χ1n) is 2.75. The fourth-order valence-corrected chi connectivity index (χ4v) is 0.375. The summed E-state index contributed by atoms with van der Waals surface area (Å²) in [6.07, 6.45) is 1.02. The van der Waals surface area contributed by atoms with Gasteiger partial charge in [0.1, 0.15) is 0 Å². The summed E-state index contributed by atoms with van der Waals surface area (Å²) in [6, 6.07) is 0. The van der Waals surface area contributed by atoms with Gasteiger partial charge in [-0.1, -0.05) is 13.3 Å². The molecule has 0 saturated carbocycles. The summed E-state index contributed by atoms with van der Waals surface area (Å²) in [5, 5.41) is 8.56. The summed E-state index contributed by atoms with van der Waals surface area (Å²) < 4.78 is 11.5. The van der Waals surface area contributed by atoms with Crippen LogP contribution in [0.3, 0.4) is 0 Å². The fourth-order valence-electron chi connectivity index (χ4n) is 0.375. The Morgan fingerprint density at radius 3 is 2.75 bits per heavy atom. The molecule has 0 aliphatic heterocycles. The molecular weight excluding hydrogens is 107 g/mol. The van der Waals surface area contributed by atoms with E-state index in [1.165, 1.54) is 0 Å². The minimum Gasteiger partial charge on any atom is -0.347 e. The quantitative estimate of drug-likeness (QED) is 0.249. The van der Waals surface area contributed by atoms with Gasteiger partial charge in [-0.15, -0.1) is 0 Å². The molecule has 0 aromatic rings. The Labute approximate surface area is 48.6 Å². The van der Waals surface area contributed by atoms with Gasteiger partial charge in [0.2, 0.25) is 0 Å². The van der Waals surface area contributed by atoms with E-state index in [9.17, 15) is 4.39 Å². The van der Waals surface area contributed by atoms with Crippen molar-refractivity contribution in [2.24, 2.45) is 0 Å². The highest BCUT2D eigenvalue weighted by Crippen LogP contribution is 1.81. The van der Waals surface area contributed by atoms with E-state index >= 15 is 0 Å². The molecule has 0 heterocycles. The standard InChI is InChI=1S/C5H11FN2/c1-2-3-4-8-5(6)7/h2-4H2,1H3,(H2,7,8). The topological polar surface area (TPSA) is 35.9 Å². The van der Waals surface area contributed by atoms with E-state index in [4.69, 9.17) is 5.41 Å². The van der Waals surface area contributed by atoms with E-state index in [-0.39, 0.29) is 0 Å². The van der Waals surface area contributed by atoms with Crippen molar-refractivity contribution in [3.63, 3.8) is 0 Å². The van der Waals surface area contributed by atoms with Gasteiger partial charge in [0.15, 0.2) is 0 Å². The summed E-state index contributed by atoms with van der Waals surface area (Å²) in [5.74, 6) is 0. The molecule has 0 rings (SSSR count). The lowest BCUT2D eigenvalue weighted by Crippen LogP contribution is -2.18. The molecule has 0 aromatic heterocycles. The molecule has 0 atom stereocenters. The van der Waals surface area contributed by atoms with E-state index in [0.29, 0.717) is 6.54 Å². The second-order valence-corrected chi connectivity index (χ2v) is 1.59. The Hall–Kier alpha value is -0.600. The monoisotopic (exact) mass is 118 g/mol. The van der Waals surface area contributed by atoms with E-state index in [1.807, 2.05) is 6.92 Å². The number of hydrogen-bond donors (Lipinski definition) is 2. The van der Waals surface area contributed by atoms with Gasteiger partial charge < -0.3 is 5.32 Å². The first-order valence-corrected chi connectivity index (χ1v) is 2.75. The lowest BCUT2D eigenvalue weighted by Gasteiger charge is -1.95.